The van der Waals surface area contributed by atoms with Crippen molar-refractivity contribution in [1.29, 1.82) is 0 Å². The van der Waals surface area contributed by atoms with Crippen molar-refractivity contribution in [3.63, 3.8) is 0 Å². The Hall–Kier alpha value is -1.99. The maximum Gasteiger partial charge on any atom is 0.190 e. The molecule has 20 heavy (non-hydrogen) atoms. The number of nitrogens with two attached hydrogens (primary N) is 1. The van der Waals surface area contributed by atoms with Crippen molar-refractivity contribution in [3.05, 3.63) is 46.0 Å². The van der Waals surface area contributed by atoms with E-state index in [2.05, 4.69) is 36.4 Å². The lowest BCUT2D eigenvalue weighted by Gasteiger charge is -2.07. The molecule has 0 saturated carbocycles. The quantitative estimate of drug-likeness (QED) is 0.767. The summed E-state index contributed by atoms with van der Waals surface area (Å²) in [6, 6.07) is 9.04. The fourth-order valence-electron chi connectivity index (χ4n) is 1.77. The summed E-state index contributed by atoms with van der Waals surface area (Å²) in [5.41, 5.74) is 7.28. The average Bonchev–Trinajstić information content (AvgIpc) is 2.90. The Balaban J connectivity index is 2.18. The van der Waals surface area contributed by atoms with Gasteiger partial charge in [-0.2, -0.15) is 4.68 Å². The highest BCUT2D eigenvalue weighted by Gasteiger charge is 2.15. The van der Waals surface area contributed by atoms with Crippen LogP contribution < -0.4 is 5.73 Å². The van der Waals surface area contributed by atoms with Crippen LogP contribution in [0.5, 0.6) is 0 Å². The normalized spacial score (nSPS) is 10.7. The summed E-state index contributed by atoms with van der Waals surface area (Å²) in [5.74, 6) is 0.852. The Kier molecular flexibility index (Phi) is 3.37. The van der Waals surface area contributed by atoms with Crippen LogP contribution in [0.25, 0.3) is 17.1 Å². The van der Waals surface area contributed by atoms with Crippen LogP contribution in [0.2, 0.25) is 5.02 Å². The molecule has 0 spiro atoms. The molecule has 0 saturated heterocycles. The van der Waals surface area contributed by atoms with Gasteiger partial charge in [-0.25, -0.2) is 4.98 Å². The summed E-state index contributed by atoms with van der Waals surface area (Å²) < 4.78 is 2.36. The van der Waals surface area contributed by atoms with Crippen LogP contribution in [0.15, 0.2) is 41.0 Å². The number of nitrogens with zero attached hydrogens (tertiary/aromatic N) is 5. The molecule has 0 amide bonds. The molecule has 2 heterocycles. The zero-order chi connectivity index (χ0) is 14.1. The van der Waals surface area contributed by atoms with Crippen LogP contribution in [-0.2, 0) is 0 Å². The minimum Gasteiger partial charge on any atom is -0.383 e. The minimum atomic E-state index is 0.353. The van der Waals surface area contributed by atoms with E-state index in [1.165, 1.54) is 0 Å². The second kappa shape index (κ2) is 5.18. The van der Waals surface area contributed by atoms with Gasteiger partial charge < -0.3 is 5.73 Å². The van der Waals surface area contributed by atoms with Gasteiger partial charge in [-0.1, -0.05) is 17.7 Å². The molecule has 3 rings (SSSR count). The van der Waals surface area contributed by atoms with Crippen molar-refractivity contribution < 1.29 is 0 Å². The van der Waals surface area contributed by atoms with Gasteiger partial charge in [-0.05, 0) is 50.6 Å². The number of hydrogen-bond donors (Lipinski definition) is 1. The molecule has 0 atom stereocenters. The van der Waals surface area contributed by atoms with Crippen molar-refractivity contribution in [2.24, 2.45) is 0 Å². The number of benzene rings is 1. The Morgan fingerprint density at radius 2 is 2.10 bits per heavy atom. The van der Waals surface area contributed by atoms with E-state index in [-0.39, 0.29) is 0 Å². The first kappa shape index (κ1) is 13.0. The van der Waals surface area contributed by atoms with Gasteiger partial charge >= 0.3 is 0 Å². The summed E-state index contributed by atoms with van der Waals surface area (Å²) in [4.78, 5) is 4.08. The first-order valence-electron chi connectivity index (χ1n) is 5.61. The summed E-state index contributed by atoms with van der Waals surface area (Å²) >= 11 is 9.35. The summed E-state index contributed by atoms with van der Waals surface area (Å²) in [7, 11) is 0. The van der Waals surface area contributed by atoms with E-state index in [4.69, 9.17) is 17.3 Å². The van der Waals surface area contributed by atoms with E-state index in [1.54, 1.807) is 23.0 Å². The fraction of sp³-hybridized carbons (Fsp3) is 0. The number of tetrazole rings is 1. The molecule has 0 fully saturated rings. The van der Waals surface area contributed by atoms with Gasteiger partial charge in [0.2, 0.25) is 0 Å². The number of aromatic nitrogens is 5. The Morgan fingerprint density at radius 3 is 2.90 bits per heavy atom. The second-order valence-corrected chi connectivity index (χ2v) is 5.33. The van der Waals surface area contributed by atoms with Gasteiger partial charge in [0.1, 0.15) is 5.82 Å². The highest BCUT2D eigenvalue weighted by molar-refractivity contribution is 9.10. The third-order valence-corrected chi connectivity index (χ3v) is 3.32. The molecule has 3 aromatic rings. The highest BCUT2D eigenvalue weighted by Crippen LogP contribution is 2.27. The van der Waals surface area contributed by atoms with Crippen LogP contribution in [-0.4, -0.2) is 25.2 Å². The molecule has 0 aliphatic heterocycles. The lowest BCUT2D eigenvalue weighted by atomic mass is 10.2. The van der Waals surface area contributed by atoms with Gasteiger partial charge in [-0.3, -0.25) is 0 Å². The summed E-state index contributed by atoms with van der Waals surface area (Å²) in [5, 5.41) is 12.3. The van der Waals surface area contributed by atoms with Crippen LogP contribution >= 0.6 is 27.5 Å². The maximum absolute atomic E-state index is 5.99. The predicted molar refractivity (Wildman–Crippen MR) is 79.5 cm³/mol. The molecule has 2 N–H and O–H groups in total. The number of rotatable bonds is 2. The van der Waals surface area contributed by atoms with Gasteiger partial charge in [0.15, 0.2) is 5.82 Å². The molecule has 2 aromatic heterocycles. The zero-order valence-electron chi connectivity index (χ0n) is 10.0. The smallest absolute Gasteiger partial charge is 0.190 e. The monoisotopic (exact) mass is 350 g/mol. The van der Waals surface area contributed by atoms with E-state index in [9.17, 15) is 0 Å². The predicted octanol–water partition coefficient (Wildman–Crippen LogP) is 2.72. The van der Waals surface area contributed by atoms with Gasteiger partial charge in [0.25, 0.3) is 0 Å². The lowest BCUT2D eigenvalue weighted by molar-refractivity contribution is 0.791. The second-order valence-electron chi connectivity index (χ2n) is 3.98. The first-order chi connectivity index (χ1) is 9.65. The number of halogens is 2. The van der Waals surface area contributed by atoms with Crippen molar-refractivity contribution in [2.75, 3.05) is 5.73 Å². The molecular weight excluding hydrogens is 344 g/mol. The van der Waals surface area contributed by atoms with Gasteiger partial charge in [0.05, 0.1) is 11.3 Å². The molecule has 0 bridgehead atoms. The van der Waals surface area contributed by atoms with Crippen LogP contribution in [0.1, 0.15) is 0 Å². The van der Waals surface area contributed by atoms with Gasteiger partial charge in [0, 0.05) is 15.7 Å². The third-order valence-electron chi connectivity index (χ3n) is 2.65. The molecule has 0 aliphatic carbocycles. The van der Waals surface area contributed by atoms with Crippen molar-refractivity contribution in [3.8, 4) is 17.1 Å². The van der Waals surface area contributed by atoms with Crippen LogP contribution in [0.4, 0.5) is 5.82 Å². The SMILES string of the molecule is Nc1ncc(Br)cc1-c1nnnn1-c1cccc(Cl)c1. The fourth-order valence-corrected chi connectivity index (χ4v) is 2.28. The Labute approximate surface area is 127 Å². The largest absolute Gasteiger partial charge is 0.383 e. The molecule has 1 aromatic carbocycles. The number of pyridine rings is 1. The van der Waals surface area contributed by atoms with Crippen molar-refractivity contribution in [2.45, 2.75) is 0 Å². The first-order valence-corrected chi connectivity index (χ1v) is 6.78. The van der Waals surface area contributed by atoms with E-state index >= 15 is 0 Å². The van der Waals surface area contributed by atoms with Crippen LogP contribution in [0, 0.1) is 0 Å². The zero-order valence-corrected chi connectivity index (χ0v) is 12.4. The standard InChI is InChI=1S/C12H8BrClN6/c13-7-4-10(11(15)16-6-7)12-17-18-19-20(12)9-3-1-2-8(14)5-9/h1-6H,(H2,15,16). The minimum absolute atomic E-state index is 0.353. The van der Waals surface area contributed by atoms with E-state index in [0.29, 0.717) is 22.2 Å². The summed E-state index contributed by atoms with van der Waals surface area (Å²) in [6.45, 7) is 0. The maximum atomic E-state index is 5.99. The van der Waals surface area contributed by atoms with Crippen molar-refractivity contribution >= 4 is 33.3 Å². The number of nitrogen functional groups attached to an aromatic ring is 1. The third kappa shape index (κ3) is 2.37. The topological polar surface area (TPSA) is 82.5 Å². The lowest BCUT2D eigenvalue weighted by Crippen LogP contribution is -2.02. The molecule has 100 valence electrons. The number of anilines is 1. The van der Waals surface area contributed by atoms with E-state index in [1.807, 2.05) is 18.2 Å². The van der Waals surface area contributed by atoms with E-state index < -0.39 is 0 Å². The molecule has 0 unspecified atom stereocenters. The Morgan fingerprint density at radius 1 is 1.25 bits per heavy atom. The molecular formula is C12H8BrClN6. The molecule has 0 aliphatic rings. The average molecular weight is 352 g/mol. The van der Waals surface area contributed by atoms with Crippen LogP contribution in [0.3, 0.4) is 0 Å². The van der Waals surface area contributed by atoms with Crippen molar-refractivity contribution in [1.82, 2.24) is 25.2 Å². The highest BCUT2D eigenvalue weighted by atomic mass is 79.9. The molecule has 0 radical (unpaired) electrons. The number of hydrogen-bond acceptors (Lipinski definition) is 5. The summed E-state index contributed by atoms with van der Waals surface area (Å²) in [6.07, 6.45) is 1.62. The van der Waals surface area contributed by atoms with Gasteiger partial charge in [-0.15, -0.1) is 5.10 Å². The van der Waals surface area contributed by atoms with E-state index in [0.717, 1.165) is 10.2 Å². The Bertz CT molecular complexity index is 772. The molecule has 8 heteroatoms. The molecule has 6 nitrogen and oxygen atoms in total.